The number of ether oxygens (including phenoxy) is 2. The van der Waals surface area contributed by atoms with E-state index in [2.05, 4.69) is 0 Å². The van der Waals surface area contributed by atoms with Gasteiger partial charge in [0.2, 0.25) is 5.78 Å². The molecule has 1 saturated heterocycles. The van der Waals surface area contributed by atoms with Crippen LogP contribution in [0.4, 0.5) is 13.2 Å². The van der Waals surface area contributed by atoms with Crippen molar-refractivity contribution in [2.24, 2.45) is 0 Å². The van der Waals surface area contributed by atoms with Gasteiger partial charge in [-0.2, -0.15) is 13.2 Å². The third kappa shape index (κ3) is 5.09. The number of amides is 1. The number of aromatic hydroxyl groups is 2. The highest BCUT2D eigenvalue weighted by Crippen LogP contribution is 2.53. The van der Waals surface area contributed by atoms with Crippen LogP contribution in [0.2, 0.25) is 0 Å². The van der Waals surface area contributed by atoms with Crippen LogP contribution in [0.15, 0.2) is 18.2 Å². The fourth-order valence-electron chi connectivity index (χ4n) is 6.72. The molecular weight excluding hydrogens is 591 g/mol. The molecule has 2 aromatic rings. The van der Waals surface area contributed by atoms with Crippen LogP contribution in [0.5, 0.6) is 17.2 Å². The second-order valence-corrected chi connectivity index (χ2v) is 11.7. The molecule has 0 bridgehead atoms. The van der Waals surface area contributed by atoms with Crippen molar-refractivity contribution in [3.8, 4) is 17.2 Å². The van der Waals surface area contributed by atoms with Crippen molar-refractivity contribution in [3.63, 3.8) is 0 Å². The highest BCUT2D eigenvalue weighted by Gasteiger charge is 2.49. The number of fused-ring (bicyclic) bond motifs is 3. The number of alkyl halides is 3. The SMILES string of the molecule is COc1cccc2c1C(=O)c1c(O)c3c(c(O)c1C2=O)CC(O)(C(C)O)C[C@@H]3CC1CC(NC(=O)C(F)(F)F)C(O)C(C)O1. The molecule has 1 fully saturated rings. The lowest BCUT2D eigenvalue weighted by Crippen LogP contribution is -2.57. The number of benzene rings is 2. The first kappa shape index (κ1) is 31.7. The van der Waals surface area contributed by atoms with Crippen molar-refractivity contribution >= 4 is 17.5 Å². The molecule has 238 valence electrons. The number of nitrogens with one attached hydrogen (secondary N) is 1. The highest BCUT2D eigenvalue weighted by molar-refractivity contribution is 6.31. The summed E-state index contributed by atoms with van der Waals surface area (Å²) in [6, 6.07) is 2.96. The van der Waals surface area contributed by atoms with E-state index < -0.39 is 94.7 Å². The molecule has 1 aliphatic heterocycles. The number of rotatable bonds is 5. The largest absolute Gasteiger partial charge is 0.507 e. The third-order valence-corrected chi connectivity index (χ3v) is 8.97. The molecule has 6 unspecified atom stereocenters. The van der Waals surface area contributed by atoms with Gasteiger partial charge < -0.3 is 40.3 Å². The van der Waals surface area contributed by atoms with Gasteiger partial charge in [-0.15, -0.1) is 0 Å². The maximum atomic E-state index is 13.8. The first-order chi connectivity index (χ1) is 20.5. The van der Waals surface area contributed by atoms with E-state index in [0.29, 0.717) is 0 Å². The van der Waals surface area contributed by atoms with Gasteiger partial charge in [-0.25, -0.2) is 0 Å². The zero-order valence-electron chi connectivity index (χ0n) is 23.9. The van der Waals surface area contributed by atoms with Crippen molar-refractivity contribution < 1.29 is 62.6 Å². The quantitative estimate of drug-likeness (QED) is 0.230. The zero-order valence-corrected chi connectivity index (χ0v) is 23.9. The van der Waals surface area contributed by atoms with Gasteiger partial charge in [0.05, 0.1) is 53.8 Å². The number of halogens is 3. The second kappa shape index (κ2) is 11.0. The van der Waals surface area contributed by atoms with Gasteiger partial charge in [0, 0.05) is 23.1 Å². The third-order valence-electron chi connectivity index (χ3n) is 8.97. The Balaban J connectivity index is 1.59. The predicted octanol–water partition coefficient (Wildman–Crippen LogP) is 2.00. The minimum Gasteiger partial charge on any atom is -0.507 e. The van der Waals surface area contributed by atoms with Crippen molar-refractivity contribution in [1.29, 1.82) is 0 Å². The minimum absolute atomic E-state index is 0.00400. The minimum atomic E-state index is -5.19. The normalized spacial score (nSPS) is 28.9. The number of aliphatic hydroxyl groups is 3. The van der Waals surface area contributed by atoms with Crippen LogP contribution in [0, 0.1) is 0 Å². The number of hydrogen-bond donors (Lipinski definition) is 6. The van der Waals surface area contributed by atoms with Crippen molar-refractivity contribution in [2.75, 3.05) is 7.11 Å². The molecule has 0 spiro atoms. The number of carbonyl (C=O) groups is 3. The second-order valence-electron chi connectivity index (χ2n) is 11.7. The molecule has 1 heterocycles. The van der Waals surface area contributed by atoms with E-state index in [9.17, 15) is 53.1 Å². The highest BCUT2D eigenvalue weighted by atomic mass is 19.4. The first-order valence-corrected chi connectivity index (χ1v) is 14.0. The molecule has 0 aromatic heterocycles. The smallest absolute Gasteiger partial charge is 0.471 e. The van der Waals surface area contributed by atoms with Gasteiger partial charge in [-0.05, 0) is 45.1 Å². The summed E-state index contributed by atoms with van der Waals surface area (Å²) >= 11 is 0. The van der Waals surface area contributed by atoms with E-state index in [1.807, 2.05) is 0 Å². The summed E-state index contributed by atoms with van der Waals surface area (Å²) in [5.41, 5.74) is -3.09. The molecule has 0 saturated carbocycles. The molecule has 44 heavy (non-hydrogen) atoms. The number of phenols is 2. The van der Waals surface area contributed by atoms with Gasteiger partial charge >= 0.3 is 12.1 Å². The van der Waals surface area contributed by atoms with Crippen LogP contribution in [-0.2, 0) is 16.0 Å². The average molecular weight is 624 g/mol. The summed E-state index contributed by atoms with van der Waals surface area (Å²) in [5, 5.41) is 57.2. The predicted molar refractivity (Wildman–Crippen MR) is 145 cm³/mol. The number of phenolic OH excluding ortho intramolecular Hbond substituents is 2. The Morgan fingerprint density at radius 1 is 1.16 bits per heavy atom. The van der Waals surface area contributed by atoms with Crippen molar-refractivity contribution in [2.45, 2.75) is 87.7 Å². The Morgan fingerprint density at radius 3 is 2.43 bits per heavy atom. The molecule has 14 heteroatoms. The molecule has 0 radical (unpaired) electrons. The van der Waals surface area contributed by atoms with Gasteiger partial charge in [-0.1, -0.05) is 12.1 Å². The van der Waals surface area contributed by atoms with Crippen LogP contribution in [0.3, 0.4) is 0 Å². The summed E-state index contributed by atoms with van der Waals surface area (Å²) < 4.78 is 50.0. The summed E-state index contributed by atoms with van der Waals surface area (Å²) in [4.78, 5) is 39.0. The van der Waals surface area contributed by atoms with Crippen molar-refractivity contribution in [1.82, 2.24) is 5.32 Å². The topological polar surface area (TPSA) is 183 Å². The van der Waals surface area contributed by atoms with Gasteiger partial charge in [0.1, 0.15) is 23.4 Å². The lowest BCUT2D eigenvalue weighted by molar-refractivity contribution is -0.179. The monoisotopic (exact) mass is 623 g/mol. The molecule has 1 amide bonds. The Kier molecular flexibility index (Phi) is 7.94. The Morgan fingerprint density at radius 2 is 1.82 bits per heavy atom. The fourth-order valence-corrected chi connectivity index (χ4v) is 6.72. The van der Waals surface area contributed by atoms with Crippen LogP contribution in [0.25, 0.3) is 0 Å². The molecule has 11 nitrogen and oxygen atoms in total. The van der Waals surface area contributed by atoms with Gasteiger partial charge in [-0.3, -0.25) is 14.4 Å². The average Bonchev–Trinajstić information content (AvgIpc) is 2.94. The number of carbonyl (C=O) groups excluding carboxylic acids is 3. The molecule has 5 rings (SSSR count). The van der Waals surface area contributed by atoms with E-state index in [4.69, 9.17) is 9.47 Å². The van der Waals surface area contributed by atoms with Gasteiger partial charge in [0.15, 0.2) is 5.78 Å². The summed E-state index contributed by atoms with van der Waals surface area (Å²) in [7, 11) is 1.30. The number of hydrogen-bond acceptors (Lipinski definition) is 10. The Bertz CT molecular complexity index is 1540. The molecule has 3 aliphatic rings. The lowest BCUT2D eigenvalue weighted by Gasteiger charge is -2.44. The Hall–Kier alpha value is -3.72. The number of ketones is 2. The molecule has 2 aromatic carbocycles. The summed E-state index contributed by atoms with van der Waals surface area (Å²) in [6.07, 6.45) is -11.1. The first-order valence-electron chi connectivity index (χ1n) is 14.0. The summed E-state index contributed by atoms with van der Waals surface area (Å²) in [6.45, 7) is 2.71. The zero-order chi connectivity index (χ0) is 32.5. The maximum absolute atomic E-state index is 13.8. The van der Waals surface area contributed by atoms with E-state index in [1.165, 1.54) is 39.2 Å². The van der Waals surface area contributed by atoms with E-state index in [0.717, 1.165) is 0 Å². The van der Waals surface area contributed by atoms with E-state index >= 15 is 0 Å². The standard InChI is InChI=1S/C30H32F3NO10/c1-11-23(36)17(34-28(41)30(31,32)33)8-14(44-11)7-13-9-29(42,12(2)35)10-16-19(13)26(39)22-21(25(16)38)24(37)15-5-4-6-18(43-3)20(15)27(22)40/h4-6,11-14,17,23,35-36,38-39,42H,7-10H2,1-3H3,(H,34,41)/t11?,12?,13-,14?,17?,23?,29?/m0/s1. The molecule has 2 aliphatic carbocycles. The molecule has 6 N–H and O–H groups in total. The van der Waals surface area contributed by atoms with E-state index in [-0.39, 0.29) is 47.3 Å². The number of aliphatic hydroxyl groups excluding tert-OH is 2. The van der Waals surface area contributed by atoms with Gasteiger partial charge in [0.25, 0.3) is 0 Å². The maximum Gasteiger partial charge on any atom is 0.471 e. The Labute approximate surface area is 249 Å². The van der Waals surface area contributed by atoms with Crippen LogP contribution in [0.1, 0.15) is 82.0 Å². The lowest BCUT2D eigenvalue weighted by atomic mass is 9.67. The number of methoxy groups -OCH3 is 1. The van der Waals surface area contributed by atoms with Crippen molar-refractivity contribution in [3.05, 3.63) is 51.6 Å². The van der Waals surface area contributed by atoms with Crippen LogP contribution >= 0.6 is 0 Å². The molecular formula is C30H32F3NO10. The van der Waals surface area contributed by atoms with Crippen LogP contribution in [-0.4, -0.2) is 92.4 Å². The fraction of sp³-hybridized carbons (Fsp3) is 0.500. The summed E-state index contributed by atoms with van der Waals surface area (Å²) in [5.74, 6) is -6.00. The van der Waals surface area contributed by atoms with Crippen LogP contribution < -0.4 is 10.1 Å². The molecule has 7 atom stereocenters. The van der Waals surface area contributed by atoms with E-state index in [1.54, 1.807) is 5.32 Å².